The lowest BCUT2D eigenvalue weighted by molar-refractivity contribution is 0.180. The van der Waals surface area contributed by atoms with Gasteiger partial charge in [-0.3, -0.25) is 4.68 Å². The Kier molecular flexibility index (Phi) is 8.19. The van der Waals surface area contributed by atoms with Crippen molar-refractivity contribution < 1.29 is 4.74 Å². The molecule has 4 nitrogen and oxygen atoms in total. The second-order valence-electron chi connectivity index (χ2n) is 5.20. The van der Waals surface area contributed by atoms with Gasteiger partial charge in [-0.15, -0.1) is 0 Å². The molecule has 0 aliphatic rings. The predicted octanol–water partition coefficient (Wildman–Crippen LogP) is 3.66. The molecule has 0 bridgehead atoms. The first kappa shape index (κ1) is 17.5. The quantitative estimate of drug-likeness (QED) is 0.717. The third-order valence-electron chi connectivity index (χ3n) is 3.74. The number of hydrogen-bond acceptors (Lipinski definition) is 3. The zero-order chi connectivity index (χ0) is 15.0. The number of rotatable bonds is 10. The van der Waals surface area contributed by atoms with Gasteiger partial charge < -0.3 is 10.1 Å². The third-order valence-corrected chi connectivity index (χ3v) is 4.03. The highest BCUT2D eigenvalue weighted by molar-refractivity contribution is 6.31. The predicted molar refractivity (Wildman–Crippen MR) is 84.2 cm³/mol. The van der Waals surface area contributed by atoms with Crippen LogP contribution in [0.15, 0.2) is 6.20 Å². The summed E-state index contributed by atoms with van der Waals surface area (Å²) in [6.07, 6.45) is 6.52. The first-order valence-electron chi connectivity index (χ1n) is 7.56. The Morgan fingerprint density at radius 2 is 2.00 bits per heavy atom. The van der Waals surface area contributed by atoms with E-state index in [1.807, 2.05) is 11.7 Å². The van der Waals surface area contributed by atoms with Crippen LogP contribution in [0.3, 0.4) is 0 Å². The average molecular weight is 302 g/mol. The zero-order valence-electron chi connectivity index (χ0n) is 13.2. The molecule has 1 unspecified atom stereocenters. The molecule has 0 aliphatic heterocycles. The SMILES string of the molecule is CCCC(CCC)C(NC)c1c(Cl)cnn1CCOC. The number of hydrogen-bond donors (Lipinski definition) is 1. The normalized spacial score (nSPS) is 13.1. The second kappa shape index (κ2) is 9.37. The lowest BCUT2D eigenvalue weighted by atomic mass is 9.88. The van der Waals surface area contributed by atoms with Crippen LogP contribution in [0.5, 0.6) is 0 Å². The molecule has 1 heterocycles. The van der Waals surface area contributed by atoms with Crippen LogP contribution in [-0.2, 0) is 11.3 Å². The number of ether oxygens (including phenoxy) is 1. The van der Waals surface area contributed by atoms with E-state index in [1.54, 1.807) is 13.3 Å². The van der Waals surface area contributed by atoms with Crippen LogP contribution in [0.2, 0.25) is 5.02 Å². The minimum atomic E-state index is 0.252. The lowest BCUT2D eigenvalue weighted by Gasteiger charge is -2.27. The van der Waals surface area contributed by atoms with Crippen LogP contribution < -0.4 is 5.32 Å². The molecule has 0 spiro atoms. The highest BCUT2D eigenvalue weighted by Crippen LogP contribution is 2.33. The third kappa shape index (κ3) is 4.47. The molecule has 1 rings (SSSR count). The van der Waals surface area contributed by atoms with Gasteiger partial charge in [0.25, 0.3) is 0 Å². The summed E-state index contributed by atoms with van der Waals surface area (Å²) in [6, 6.07) is 0.252. The van der Waals surface area contributed by atoms with E-state index in [-0.39, 0.29) is 6.04 Å². The van der Waals surface area contributed by atoms with Crippen molar-refractivity contribution in [2.45, 2.75) is 52.1 Å². The summed E-state index contributed by atoms with van der Waals surface area (Å²) in [7, 11) is 3.71. The van der Waals surface area contributed by atoms with Crippen LogP contribution >= 0.6 is 11.6 Å². The average Bonchev–Trinajstić information content (AvgIpc) is 2.80. The highest BCUT2D eigenvalue weighted by atomic mass is 35.5. The molecule has 1 aromatic heterocycles. The van der Waals surface area contributed by atoms with Crippen molar-refractivity contribution in [1.29, 1.82) is 0 Å². The summed E-state index contributed by atoms with van der Waals surface area (Å²) in [5.41, 5.74) is 1.10. The van der Waals surface area contributed by atoms with Gasteiger partial charge in [-0.25, -0.2) is 0 Å². The first-order valence-corrected chi connectivity index (χ1v) is 7.94. The maximum absolute atomic E-state index is 6.38. The Bertz CT molecular complexity index is 375. The largest absolute Gasteiger partial charge is 0.383 e. The fraction of sp³-hybridized carbons (Fsp3) is 0.800. The van der Waals surface area contributed by atoms with E-state index in [4.69, 9.17) is 16.3 Å². The Morgan fingerprint density at radius 3 is 2.50 bits per heavy atom. The molecular formula is C15H28ClN3O. The molecule has 0 radical (unpaired) electrons. The summed E-state index contributed by atoms with van der Waals surface area (Å²) < 4.78 is 7.13. The van der Waals surface area contributed by atoms with Crippen LogP contribution in [0.25, 0.3) is 0 Å². The van der Waals surface area contributed by atoms with E-state index < -0.39 is 0 Å². The molecule has 116 valence electrons. The zero-order valence-corrected chi connectivity index (χ0v) is 13.9. The van der Waals surface area contributed by atoms with Crippen molar-refractivity contribution in [3.8, 4) is 0 Å². The Labute approximate surface area is 127 Å². The topological polar surface area (TPSA) is 39.1 Å². The van der Waals surface area contributed by atoms with E-state index in [1.165, 1.54) is 25.7 Å². The van der Waals surface area contributed by atoms with Gasteiger partial charge in [0.05, 0.1) is 36.1 Å². The van der Waals surface area contributed by atoms with Crippen LogP contribution in [0, 0.1) is 5.92 Å². The van der Waals surface area contributed by atoms with Gasteiger partial charge in [0, 0.05) is 7.11 Å². The summed E-state index contributed by atoms with van der Waals surface area (Å²) >= 11 is 6.38. The smallest absolute Gasteiger partial charge is 0.0834 e. The standard InChI is InChI=1S/C15H28ClN3O/c1-5-7-12(8-6-2)14(17-3)15-13(16)11-18-19(15)9-10-20-4/h11-12,14,17H,5-10H2,1-4H3. The molecule has 1 aromatic rings. The van der Waals surface area contributed by atoms with Crippen molar-refractivity contribution in [2.75, 3.05) is 20.8 Å². The van der Waals surface area contributed by atoms with Crippen LogP contribution in [0.1, 0.15) is 51.3 Å². The van der Waals surface area contributed by atoms with Gasteiger partial charge in [-0.05, 0) is 25.8 Å². The Balaban J connectivity index is 2.99. The van der Waals surface area contributed by atoms with Gasteiger partial charge >= 0.3 is 0 Å². The monoisotopic (exact) mass is 301 g/mol. The molecule has 5 heteroatoms. The molecule has 20 heavy (non-hydrogen) atoms. The van der Waals surface area contributed by atoms with Gasteiger partial charge in [-0.2, -0.15) is 5.10 Å². The molecule has 0 aliphatic carbocycles. The molecule has 0 fully saturated rings. The number of methoxy groups -OCH3 is 1. The molecule has 1 atom stereocenters. The molecule has 0 saturated heterocycles. The van der Waals surface area contributed by atoms with Gasteiger partial charge in [-0.1, -0.05) is 38.3 Å². The molecular weight excluding hydrogens is 274 g/mol. The number of halogens is 1. The summed E-state index contributed by atoms with van der Waals surface area (Å²) in [6.45, 7) is 5.85. The second-order valence-corrected chi connectivity index (χ2v) is 5.60. The number of nitrogens with one attached hydrogen (secondary N) is 1. The van der Waals surface area contributed by atoms with Crippen molar-refractivity contribution >= 4 is 11.6 Å². The van der Waals surface area contributed by atoms with E-state index in [0.717, 1.165) is 17.3 Å². The molecule has 0 amide bonds. The number of nitrogens with zero attached hydrogens (tertiary/aromatic N) is 2. The van der Waals surface area contributed by atoms with Gasteiger partial charge in [0.15, 0.2) is 0 Å². The molecule has 0 aromatic carbocycles. The highest BCUT2D eigenvalue weighted by Gasteiger charge is 2.26. The summed E-state index contributed by atoms with van der Waals surface area (Å²) in [5.74, 6) is 0.588. The van der Waals surface area contributed by atoms with Crippen molar-refractivity contribution in [3.63, 3.8) is 0 Å². The Hall–Kier alpha value is -0.580. The minimum Gasteiger partial charge on any atom is -0.383 e. The van der Waals surface area contributed by atoms with Crippen LogP contribution in [0.4, 0.5) is 0 Å². The maximum atomic E-state index is 6.38. The van der Waals surface area contributed by atoms with E-state index in [2.05, 4.69) is 24.3 Å². The maximum Gasteiger partial charge on any atom is 0.0834 e. The van der Waals surface area contributed by atoms with Gasteiger partial charge in [0.1, 0.15) is 0 Å². The Morgan fingerprint density at radius 1 is 1.35 bits per heavy atom. The van der Waals surface area contributed by atoms with Crippen molar-refractivity contribution in [3.05, 3.63) is 16.9 Å². The van der Waals surface area contributed by atoms with E-state index >= 15 is 0 Å². The summed E-state index contributed by atoms with van der Waals surface area (Å²) in [4.78, 5) is 0. The van der Waals surface area contributed by atoms with E-state index in [9.17, 15) is 0 Å². The van der Waals surface area contributed by atoms with Gasteiger partial charge in [0.2, 0.25) is 0 Å². The minimum absolute atomic E-state index is 0.252. The fourth-order valence-electron chi connectivity index (χ4n) is 2.85. The molecule has 1 N–H and O–H groups in total. The number of aromatic nitrogens is 2. The van der Waals surface area contributed by atoms with Crippen molar-refractivity contribution in [1.82, 2.24) is 15.1 Å². The fourth-order valence-corrected chi connectivity index (χ4v) is 3.11. The van der Waals surface area contributed by atoms with Crippen LogP contribution in [-0.4, -0.2) is 30.5 Å². The summed E-state index contributed by atoms with van der Waals surface area (Å²) in [5, 5.41) is 8.58. The van der Waals surface area contributed by atoms with E-state index in [0.29, 0.717) is 12.5 Å². The molecule has 0 saturated carbocycles. The van der Waals surface area contributed by atoms with Crippen molar-refractivity contribution in [2.24, 2.45) is 5.92 Å². The first-order chi connectivity index (χ1) is 9.69. The lowest BCUT2D eigenvalue weighted by Crippen LogP contribution is -2.28.